The van der Waals surface area contributed by atoms with Crippen LogP contribution in [-0.4, -0.2) is 15.8 Å². The molecular weight excluding hydrogens is 234 g/mol. The summed E-state index contributed by atoms with van der Waals surface area (Å²) >= 11 is 0. The zero-order chi connectivity index (χ0) is 14.2. The molecule has 0 aliphatic heterocycles. The van der Waals surface area contributed by atoms with E-state index in [1.807, 2.05) is 0 Å². The summed E-state index contributed by atoms with van der Waals surface area (Å²) in [4.78, 5) is 0. The molecule has 1 aliphatic rings. The van der Waals surface area contributed by atoms with Crippen molar-refractivity contribution in [3.63, 3.8) is 0 Å². The Hall–Kier alpha value is -0.990. The molecule has 1 fully saturated rings. The van der Waals surface area contributed by atoms with Gasteiger partial charge in [-0.25, -0.2) is 0 Å². The van der Waals surface area contributed by atoms with Gasteiger partial charge in [-0.15, -0.1) is 0 Å². The molecule has 1 atom stereocenters. The van der Waals surface area contributed by atoms with E-state index in [1.165, 1.54) is 37.1 Å². The molecule has 1 unspecified atom stereocenters. The lowest BCUT2D eigenvalue weighted by Crippen LogP contribution is -2.32. The van der Waals surface area contributed by atoms with Crippen LogP contribution in [0.2, 0.25) is 0 Å². The van der Waals surface area contributed by atoms with Crippen LogP contribution in [0.25, 0.3) is 0 Å². The highest BCUT2D eigenvalue weighted by Gasteiger charge is 2.28. The summed E-state index contributed by atoms with van der Waals surface area (Å²) in [7, 11) is 0. The Kier molecular flexibility index (Phi) is 3.93. The molecule has 108 valence electrons. The van der Waals surface area contributed by atoms with E-state index in [1.54, 1.807) is 0 Å². The number of hydrogen-bond acceptors (Lipinski definition) is 2. The normalized spacial score (nSPS) is 22.8. The standard InChI is InChI=1S/C16H29N3/c1-11(2)19-13(4)15(12(3)18-19)17-14-8-7-9-16(5,6)10-14/h11,14,17H,7-10H2,1-6H3. The second-order valence-electron chi connectivity index (χ2n) is 7.19. The molecule has 1 aromatic heterocycles. The first-order valence-corrected chi connectivity index (χ1v) is 7.62. The molecule has 0 amide bonds. The second-order valence-corrected chi connectivity index (χ2v) is 7.19. The molecule has 1 saturated carbocycles. The first-order valence-electron chi connectivity index (χ1n) is 7.62. The van der Waals surface area contributed by atoms with Crippen LogP contribution in [0.15, 0.2) is 0 Å². The van der Waals surface area contributed by atoms with Crippen molar-refractivity contribution in [2.24, 2.45) is 5.41 Å². The summed E-state index contributed by atoms with van der Waals surface area (Å²) < 4.78 is 2.13. The van der Waals surface area contributed by atoms with E-state index in [0.29, 0.717) is 17.5 Å². The Morgan fingerprint density at radius 1 is 1.32 bits per heavy atom. The summed E-state index contributed by atoms with van der Waals surface area (Å²) in [6.45, 7) is 13.4. The zero-order valence-electron chi connectivity index (χ0n) is 13.4. The maximum absolute atomic E-state index is 4.67. The highest BCUT2D eigenvalue weighted by Crippen LogP contribution is 2.37. The van der Waals surface area contributed by atoms with Crippen molar-refractivity contribution in [1.82, 2.24) is 9.78 Å². The molecule has 3 heteroatoms. The van der Waals surface area contributed by atoms with Crippen LogP contribution in [0.5, 0.6) is 0 Å². The molecule has 1 N–H and O–H groups in total. The van der Waals surface area contributed by atoms with Crippen molar-refractivity contribution in [2.75, 3.05) is 5.32 Å². The third-order valence-corrected chi connectivity index (χ3v) is 4.37. The minimum absolute atomic E-state index is 0.428. The van der Waals surface area contributed by atoms with Gasteiger partial charge in [0.05, 0.1) is 17.1 Å². The van der Waals surface area contributed by atoms with E-state index in [9.17, 15) is 0 Å². The van der Waals surface area contributed by atoms with Crippen molar-refractivity contribution in [1.29, 1.82) is 0 Å². The average Bonchev–Trinajstić information content (AvgIpc) is 2.56. The highest BCUT2D eigenvalue weighted by atomic mass is 15.3. The van der Waals surface area contributed by atoms with E-state index < -0.39 is 0 Å². The number of hydrogen-bond donors (Lipinski definition) is 1. The lowest BCUT2D eigenvalue weighted by Gasteiger charge is -2.36. The van der Waals surface area contributed by atoms with Gasteiger partial charge in [-0.3, -0.25) is 4.68 Å². The van der Waals surface area contributed by atoms with E-state index in [4.69, 9.17) is 0 Å². The molecule has 1 aliphatic carbocycles. The predicted octanol–water partition coefficient (Wildman–Crippen LogP) is 4.46. The summed E-state index contributed by atoms with van der Waals surface area (Å²) in [5.41, 5.74) is 4.15. The Morgan fingerprint density at radius 2 is 2.00 bits per heavy atom. The molecule has 0 spiro atoms. The van der Waals surface area contributed by atoms with Gasteiger partial charge in [0, 0.05) is 12.1 Å². The van der Waals surface area contributed by atoms with Gasteiger partial charge in [0.2, 0.25) is 0 Å². The summed E-state index contributed by atoms with van der Waals surface area (Å²) in [6, 6.07) is 1.03. The molecule has 1 heterocycles. The molecule has 3 nitrogen and oxygen atoms in total. The van der Waals surface area contributed by atoms with E-state index in [2.05, 4.69) is 56.6 Å². The van der Waals surface area contributed by atoms with E-state index >= 15 is 0 Å². The fraction of sp³-hybridized carbons (Fsp3) is 0.812. The number of aryl methyl sites for hydroxylation is 1. The Morgan fingerprint density at radius 3 is 2.53 bits per heavy atom. The van der Waals surface area contributed by atoms with Gasteiger partial charge in [0.25, 0.3) is 0 Å². The maximum Gasteiger partial charge on any atom is 0.0828 e. The lowest BCUT2D eigenvalue weighted by molar-refractivity contribution is 0.229. The quantitative estimate of drug-likeness (QED) is 0.872. The number of anilines is 1. The summed E-state index contributed by atoms with van der Waals surface area (Å²) in [6.07, 6.45) is 5.24. The van der Waals surface area contributed by atoms with Crippen LogP contribution in [0.4, 0.5) is 5.69 Å². The first-order chi connectivity index (χ1) is 8.80. The van der Waals surface area contributed by atoms with Gasteiger partial charge in [-0.05, 0) is 52.4 Å². The fourth-order valence-electron chi connectivity index (χ4n) is 3.40. The molecule has 0 bridgehead atoms. The average molecular weight is 263 g/mol. The van der Waals surface area contributed by atoms with Gasteiger partial charge >= 0.3 is 0 Å². The minimum atomic E-state index is 0.428. The number of aromatic nitrogens is 2. The van der Waals surface area contributed by atoms with Gasteiger partial charge in [-0.2, -0.15) is 5.10 Å². The molecule has 2 rings (SSSR count). The van der Waals surface area contributed by atoms with Crippen LogP contribution in [-0.2, 0) is 0 Å². The minimum Gasteiger partial charge on any atom is -0.379 e. The molecule has 1 aromatic rings. The molecule has 19 heavy (non-hydrogen) atoms. The maximum atomic E-state index is 4.67. The molecule has 0 aromatic carbocycles. The van der Waals surface area contributed by atoms with Crippen LogP contribution in [0, 0.1) is 19.3 Å². The topological polar surface area (TPSA) is 29.9 Å². The van der Waals surface area contributed by atoms with Crippen molar-refractivity contribution >= 4 is 5.69 Å². The summed E-state index contributed by atoms with van der Waals surface area (Å²) in [5.74, 6) is 0. The lowest BCUT2D eigenvalue weighted by atomic mass is 9.75. The van der Waals surface area contributed by atoms with Crippen molar-refractivity contribution in [3.8, 4) is 0 Å². The Balaban J connectivity index is 2.15. The molecular formula is C16H29N3. The van der Waals surface area contributed by atoms with Gasteiger partial charge < -0.3 is 5.32 Å². The van der Waals surface area contributed by atoms with E-state index in [-0.39, 0.29) is 0 Å². The highest BCUT2D eigenvalue weighted by molar-refractivity contribution is 5.53. The van der Waals surface area contributed by atoms with E-state index in [0.717, 1.165) is 5.69 Å². The molecule has 0 saturated heterocycles. The van der Waals surface area contributed by atoms with Crippen LogP contribution < -0.4 is 5.32 Å². The van der Waals surface area contributed by atoms with Crippen molar-refractivity contribution in [3.05, 3.63) is 11.4 Å². The fourth-order valence-corrected chi connectivity index (χ4v) is 3.40. The Labute approximate surface area is 117 Å². The predicted molar refractivity (Wildman–Crippen MR) is 81.7 cm³/mol. The Bertz CT molecular complexity index is 443. The molecule has 0 radical (unpaired) electrons. The smallest absolute Gasteiger partial charge is 0.0828 e. The SMILES string of the molecule is Cc1nn(C(C)C)c(C)c1NC1CCCC(C)(C)C1. The van der Waals surface area contributed by atoms with Gasteiger partial charge in [0.15, 0.2) is 0 Å². The summed E-state index contributed by atoms with van der Waals surface area (Å²) in [5, 5.41) is 8.43. The third kappa shape index (κ3) is 3.13. The third-order valence-electron chi connectivity index (χ3n) is 4.37. The monoisotopic (exact) mass is 263 g/mol. The zero-order valence-corrected chi connectivity index (χ0v) is 13.4. The first kappa shape index (κ1) is 14.4. The number of nitrogens with one attached hydrogen (secondary N) is 1. The van der Waals surface area contributed by atoms with Crippen LogP contribution in [0.3, 0.4) is 0 Å². The van der Waals surface area contributed by atoms with Gasteiger partial charge in [-0.1, -0.05) is 20.3 Å². The van der Waals surface area contributed by atoms with Gasteiger partial charge in [0.1, 0.15) is 0 Å². The largest absolute Gasteiger partial charge is 0.379 e. The second kappa shape index (κ2) is 5.18. The number of nitrogens with zero attached hydrogens (tertiary/aromatic N) is 2. The number of rotatable bonds is 3. The van der Waals surface area contributed by atoms with Crippen molar-refractivity contribution < 1.29 is 0 Å². The van der Waals surface area contributed by atoms with Crippen LogP contribution in [0.1, 0.15) is 70.8 Å². The van der Waals surface area contributed by atoms with Crippen molar-refractivity contribution in [2.45, 2.75) is 79.3 Å². The van der Waals surface area contributed by atoms with Crippen LogP contribution >= 0.6 is 0 Å².